The smallest absolute Gasteiger partial charge is 0.142 e. The van der Waals surface area contributed by atoms with E-state index in [2.05, 4.69) is 54.0 Å². The second kappa shape index (κ2) is 14.5. The van der Waals surface area contributed by atoms with Gasteiger partial charge in [0.2, 0.25) is 0 Å². The van der Waals surface area contributed by atoms with Crippen molar-refractivity contribution in [2.75, 3.05) is 40.9 Å². The molecule has 6 rings (SSSR count). The lowest BCUT2D eigenvalue weighted by molar-refractivity contribution is -0.0189. The standard InChI is InChI=1S/C36H40N2O6S/c1-25(37-19-27-17-31(40-4)9-15-35(27)42-23-37)21-41-22-26(2)38-20-28-18-32(10-16-36(28)43-24-38)44-30-7-13-34(14-8-30)45-33-11-5-29(39-3)6-12-33/h5-18,25-26H,19-24H2,1-4H3. The largest absolute Gasteiger partial charge is 0.497 e. The molecular formula is C36H40N2O6S. The van der Waals surface area contributed by atoms with Gasteiger partial charge in [-0.05, 0) is 98.8 Å². The zero-order valence-corrected chi connectivity index (χ0v) is 27.0. The van der Waals surface area contributed by atoms with Crippen LogP contribution >= 0.6 is 11.8 Å². The molecule has 0 aromatic heterocycles. The molecule has 236 valence electrons. The molecule has 4 aromatic rings. The number of rotatable bonds is 12. The Balaban J connectivity index is 0.977. The Hall–Kier alpha value is -3.89. The lowest BCUT2D eigenvalue weighted by atomic mass is 10.1. The highest BCUT2D eigenvalue weighted by Crippen LogP contribution is 2.34. The number of nitrogens with zero attached hydrogens (tertiary/aromatic N) is 2. The van der Waals surface area contributed by atoms with Crippen molar-refractivity contribution in [1.29, 1.82) is 0 Å². The molecule has 0 saturated heterocycles. The maximum atomic E-state index is 6.21. The zero-order valence-electron chi connectivity index (χ0n) is 26.2. The fourth-order valence-electron chi connectivity index (χ4n) is 5.34. The Bertz CT molecular complexity index is 1570. The molecule has 0 N–H and O–H groups in total. The van der Waals surface area contributed by atoms with Crippen molar-refractivity contribution in [3.63, 3.8) is 0 Å². The van der Waals surface area contributed by atoms with Gasteiger partial charge in [0.15, 0.2) is 0 Å². The van der Waals surface area contributed by atoms with E-state index in [9.17, 15) is 0 Å². The van der Waals surface area contributed by atoms with E-state index in [-0.39, 0.29) is 12.1 Å². The predicted octanol–water partition coefficient (Wildman–Crippen LogP) is 7.44. The van der Waals surface area contributed by atoms with E-state index in [0.717, 1.165) is 68.5 Å². The van der Waals surface area contributed by atoms with Gasteiger partial charge in [0.25, 0.3) is 0 Å². The van der Waals surface area contributed by atoms with Gasteiger partial charge >= 0.3 is 0 Å². The minimum absolute atomic E-state index is 0.188. The molecule has 0 bridgehead atoms. The molecule has 45 heavy (non-hydrogen) atoms. The molecule has 2 aliphatic heterocycles. The summed E-state index contributed by atoms with van der Waals surface area (Å²) in [6, 6.07) is 28.6. The SMILES string of the molecule is COc1ccc(Sc2ccc(Oc3ccc4c(c3)CN(C(C)COCC(C)N3COc5ccc(OC)cc5C3)CO4)cc2)cc1. The summed E-state index contributed by atoms with van der Waals surface area (Å²) in [6.45, 7) is 8.23. The van der Waals surface area contributed by atoms with Crippen molar-refractivity contribution in [3.05, 3.63) is 96.1 Å². The van der Waals surface area contributed by atoms with E-state index in [1.807, 2.05) is 54.6 Å². The molecule has 0 amide bonds. The Morgan fingerprint density at radius 3 is 1.62 bits per heavy atom. The summed E-state index contributed by atoms with van der Waals surface area (Å²) < 4.78 is 35.1. The van der Waals surface area contributed by atoms with E-state index in [4.69, 9.17) is 28.4 Å². The topological polar surface area (TPSA) is 61.9 Å². The van der Waals surface area contributed by atoms with Crippen molar-refractivity contribution < 1.29 is 28.4 Å². The van der Waals surface area contributed by atoms with Gasteiger partial charge in [-0.15, -0.1) is 0 Å². The third-order valence-electron chi connectivity index (χ3n) is 8.14. The van der Waals surface area contributed by atoms with Crippen LogP contribution in [0, 0.1) is 0 Å². The van der Waals surface area contributed by atoms with E-state index < -0.39 is 0 Å². The number of ether oxygens (including phenoxy) is 6. The van der Waals surface area contributed by atoms with Crippen LogP contribution in [0.3, 0.4) is 0 Å². The first kappa shape index (κ1) is 31.1. The summed E-state index contributed by atoms with van der Waals surface area (Å²) in [5, 5.41) is 0. The van der Waals surface area contributed by atoms with Gasteiger partial charge in [0, 0.05) is 46.1 Å². The fraction of sp³-hybridized carbons (Fsp3) is 0.333. The van der Waals surface area contributed by atoms with Crippen LogP contribution in [0.1, 0.15) is 25.0 Å². The highest BCUT2D eigenvalue weighted by atomic mass is 32.2. The maximum absolute atomic E-state index is 6.21. The van der Waals surface area contributed by atoms with Crippen molar-refractivity contribution in [1.82, 2.24) is 9.80 Å². The van der Waals surface area contributed by atoms with E-state index in [1.54, 1.807) is 26.0 Å². The van der Waals surface area contributed by atoms with E-state index in [0.29, 0.717) is 26.7 Å². The number of benzene rings is 4. The molecule has 4 aromatic carbocycles. The monoisotopic (exact) mass is 628 g/mol. The molecule has 0 fully saturated rings. The van der Waals surface area contributed by atoms with Crippen molar-refractivity contribution in [2.45, 2.75) is 48.8 Å². The van der Waals surface area contributed by atoms with Crippen LogP contribution in [0.2, 0.25) is 0 Å². The van der Waals surface area contributed by atoms with E-state index in [1.165, 1.54) is 0 Å². The molecule has 2 atom stereocenters. The average Bonchev–Trinajstić information content (AvgIpc) is 3.08. The van der Waals surface area contributed by atoms with Gasteiger partial charge in [0.1, 0.15) is 48.0 Å². The quantitative estimate of drug-likeness (QED) is 0.159. The van der Waals surface area contributed by atoms with Gasteiger partial charge in [-0.3, -0.25) is 9.80 Å². The second-order valence-electron chi connectivity index (χ2n) is 11.4. The average molecular weight is 629 g/mol. The van der Waals surface area contributed by atoms with E-state index >= 15 is 0 Å². The third kappa shape index (κ3) is 7.86. The highest BCUT2D eigenvalue weighted by Gasteiger charge is 2.25. The van der Waals surface area contributed by atoms with Crippen LogP contribution in [0.25, 0.3) is 0 Å². The Labute approximate surface area is 269 Å². The van der Waals surface area contributed by atoms with Gasteiger partial charge in [-0.2, -0.15) is 0 Å². The lowest BCUT2D eigenvalue weighted by Gasteiger charge is -2.35. The summed E-state index contributed by atoms with van der Waals surface area (Å²) in [7, 11) is 3.36. The lowest BCUT2D eigenvalue weighted by Crippen LogP contribution is -2.43. The Morgan fingerprint density at radius 1 is 0.622 bits per heavy atom. The van der Waals surface area contributed by atoms with Gasteiger partial charge in [-0.25, -0.2) is 0 Å². The minimum Gasteiger partial charge on any atom is -0.497 e. The molecule has 9 heteroatoms. The summed E-state index contributed by atoms with van der Waals surface area (Å²) in [4.78, 5) is 6.86. The van der Waals surface area contributed by atoms with Crippen molar-refractivity contribution in [3.8, 4) is 34.5 Å². The predicted molar refractivity (Wildman–Crippen MR) is 175 cm³/mol. The third-order valence-corrected chi connectivity index (χ3v) is 9.15. The second-order valence-corrected chi connectivity index (χ2v) is 12.5. The molecule has 8 nitrogen and oxygen atoms in total. The first-order valence-electron chi connectivity index (χ1n) is 15.2. The Kier molecular flexibility index (Phi) is 10.0. The zero-order chi connectivity index (χ0) is 31.2. The summed E-state index contributed by atoms with van der Waals surface area (Å²) in [5.74, 6) is 5.10. The molecular weight excluding hydrogens is 588 g/mol. The Morgan fingerprint density at radius 2 is 1.09 bits per heavy atom. The van der Waals surface area contributed by atoms with Gasteiger partial charge in [-0.1, -0.05) is 11.8 Å². The molecule has 0 spiro atoms. The van der Waals surface area contributed by atoms with Crippen LogP contribution in [-0.2, 0) is 17.8 Å². The molecule has 0 radical (unpaired) electrons. The number of hydrogen-bond donors (Lipinski definition) is 0. The number of fused-ring (bicyclic) bond motifs is 2. The minimum atomic E-state index is 0.188. The van der Waals surface area contributed by atoms with Gasteiger partial charge < -0.3 is 28.4 Å². The van der Waals surface area contributed by atoms with Crippen LogP contribution in [0.5, 0.6) is 34.5 Å². The molecule has 2 unspecified atom stereocenters. The molecule has 2 aliphatic rings. The molecule has 0 saturated carbocycles. The van der Waals surface area contributed by atoms with Crippen molar-refractivity contribution in [2.24, 2.45) is 0 Å². The number of hydrogen-bond acceptors (Lipinski definition) is 9. The molecule has 0 aliphatic carbocycles. The molecule has 2 heterocycles. The normalized spacial score (nSPS) is 16.0. The van der Waals surface area contributed by atoms with Gasteiger partial charge in [0.05, 0.1) is 27.4 Å². The summed E-state index contributed by atoms with van der Waals surface area (Å²) >= 11 is 1.70. The summed E-state index contributed by atoms with van der Waals surface area (Å²) in [5.41, 5.74) is 2.24. The van der Waals surface area contributed by atoms with Crippen LogP contribution in [-0.4, -0.2) is 62.8 Å². The van der Waals surface area contributed by atoms with Crippen LogP contribution < -0.4 is 23.7 Å². The summed E-state index contributed by atoms with van der Waals surface area (Å²) in [6.07, 6.45) is 0. The maximum Gasteiger partial charge on any atom is 0.142 e. The number of methoxy groups -OCH3 is 2. The van der Waals surface area contributed by atoms with Crippen LogP contribution in [0.15, 0.2) is 94.7 Å². The van der Waals surface area contributed by atoms with Crippen molar-refractivity contribution >= 4 is 11.8 Å². The first-order chi connectivity index (χ1) is 22.0. The highest BCUT2D eigenvalue weighted by molar-refractivity contribution is 7.99. The first-order valence-corrected chi connectivity index (χ1v) is 16.0. The van der Waals surface area contributed by atoms with Crippen LogP contribution in [0.4, 0.5) is 0 Å². The fourth-order valence-corrected chi connectivity index (χ4v) is 6.16.